The van der Waals surface area contributed by atoms with Crippen LogP contribution in [0.3, 0.4) is 0 Å². The van der Waals surface area contributed by atoms with Crippen molar-refractivity contribution in [2.75, 3.05) is 5.75 Å². The molecule has 2 aromatic rings. The van der Waals surface area contributed by atoms with Gasteiger partial charge < -0.3 is 10.8 Å². The summed E-state index contributed by atoms with van der Waals surface area (Å²) in [6, 6.07) is 3.80. The molecule has 0 bridgehead atoms. The Hall–Kier alpha value is -1.57. The van der Waals surface area contributed by atoms with Crippen LogP contribution in [0.2, 0.25) is 5.02 Å². The first-order valence-corrected chi connectivity index (χ1v) is 7.24. The van der Waals surface area contributed by atoms with Gasteiger partial charge in [-0.15, -0.1) is 0 Å². The van der Waals surface area contributed by atoms with E-state index in [1.54, 1.807) is 12.1 Å². The van der Waals surface area contributed by atoms with Crippen LogP contribution in [0, 0.1) is 0 Å². The molecule has 2 aromatic heterocycles. The van der Waals surface area contributed by atoms with Gasteiger partial charge in [-0.3, -0.25) is 14.0 Å². The molecule has 1 atom stereocenters. The number of hydrogen-bond donors (Lipinski definition) is 2. The van der Waals surface area contributed by atoms with Crippen LogP contribution in [0.1, 0.15) is 5.69 Å². The van der Waals surface area contributed by atoms with Crippen molar-refractivity contribution in [3.05, 3.63) is 45.5 Å². The van der Waals surface area contributed by atoms with E-state index in [0.717, 1.165) is 0 Å². The summed E-state index contributed by atoms with van der Waals surface area (Å²) in [4.78, 5) is 26.8. The molecule has 106 valence electrons. The number of hydrogen-bond acceptors (Lipinski definition) is 5. The van der Waals surface area contributed by atoms with Crippen LogP contribution in [-0.4, -0.2) is 32.3 Å². The average molecular weight is 314 g/mol. The van der Waals surface area contributed by atoms with Gasteiger partial charge in [0.2, 0.25) is 0 Å². The number of carboxylic acid groups (broad SMARTS) is 1. The molecule has 0 aliphatic heterocycles. The standard InChI is InChI=1S/C12H12ClN3O3S/c13-7-1-2-10-15-8(3-11(17)16(10)4-7)5-20-6-9(14)12(18)19/h1-4,9H,5-6,14H2,(H,18,19)/t9-/m1/s1. The fourth-order valence-electron chi connectivity index (χ4n) is 1.56. The molecule has 3 N–H and O–H groups in total. The number of halogens is 1. The smallest absolute Gasteiger partial charge is 0.321 e. The lowest BCUT2D eigenvalue weighted by Crippen LogP contribution is -2.32. The van der Waals surface area contributed by atoms with Crippen molar-refractivity contribution in [2.45, 2.75) is 11.8 Å². The predicted molar refractivity (Wildman–Crippen MR) is 78.2 cm³/mol. The van der Waals surface area contributed by atoms with Crippen molar-refractivity contribution in [2.24, 2.45) is 5.73 Å². The van der Waals surface area contributed by atoms with E-state index in [9.17, 15) is 9.59 Å². The molecule has 0 amide bonds. The number of rotatable bonds is 5. The fraction of sp³-hybridized carbons (Fsp3) is 0.250. The highest BCUT2D eigenvalue weighted by Gasteiger charge is 2.11. The first-order valence-electron chi connectivity index (χ1n) is 5.71. The second-order valence-corrected chi connectivity index (χ2v) is 5.59. The number of carboxylic acids is 1. The van der Waals surface area contributed by atoms with Gasteiger partial charge in [0.25, 0.3) is 5.56 Å². The molecule has 0 aromatic carbocycles. The molecule has 6 nitrogen and oxygen atoms in total. The van der Waals surface area contributed by atoms with Crippen molar-refractivity contribution < 1.29 is 9.90 Å². The molecule has 0 fully saturated rings. The molecular formula is C12H12ClN3O3S. The van der Waals surface area contributed by atoms with E-state index in [-0.39, 0.29) is 11.3 Å². The summed E-state index contributed by atoms with van der Waals surface area (Å²) >= 11 is 7.14. The van der Waals surface area contributed by atoms with Crippen molar-refractivity contribution >= 4 is 35.0 Å². The van der Waals surface area contributed by atoms with E-state index < -0.39 is 12.0 Å². The molecule has 0 saturated carbocycles. The summed E-state index contributed by atoms with van der Waals surface area (Å²) in [5.41, 5.74) is 6.25. The molecule has 0 aliphatic rings. The third-order valence-corrected chi connectivity index (χ3v) is 3.86. The van der Waals surface area contributed by atoms with Crippen molar-refractivity contribution in [1.29, 1.82) is 0 Å². The van der Waals surface area contributed by atoms with Crippen LogP contribution >= 0.6 is 23.4 Å². The summed E-state index contributed by atoms with van der Waals surface area (Å²) < 4.78 is 1.36. The van der Waals surface area contributed by atoms with E-state index in [4.69, 9.17) is 22.4 Å². The monoisotopic (exact) mass is 313 g/mol. The number of nitrogens with two attached hydrogens (primary N) is 1. The van der Waals surface area contributed by atoms with Crippen molar-refractivity contribution in [1.82, 2.24) is 9.38 Å². The van der Waals surface area contributed by atoms with E-state index in [0.29, 0.717) is 22.1 Å². The van der Waals surface area contributed by atoms with Crippen LogP contribution in [0.15, 0.2) is 29.2 Å². The molecule has 8 heteroatoms. The minimum atomic E-state index is -1.04. The van der Waals surface area contributed by atoms with Gasteiger partial charge in [-0.25, -0.2) is 4.98 Å². The Morgan fingerprint density at radius 2 is 2.30 bits per heavy atom. The Kier molecular flexibility index (Phi) is 4.64. The fourth-order valence-corrected chi connectivity index (χ4v) is 2.59. The number of nitrogens with zero attached hydrogens (tertiary/aromatic N) is 2. The minimum absolute atomic E-state index is 0.226. The van der Waals surface area contributed by atoms with Crippen LogP contribution in [0.5, 0.6) is 0 Å². The third kappa shape index (κ3) is 3.50. The van der Waals surface area contributed by atoms with Crippen molar-refractivity contribution in [3.63, 3.8) is 0 Å². The SMILES string of the molecule is N[C@H](CSCc1cc(=O)n2cc(Cl)ccc2n1)C(=O)O. The molecular weight excluding hydrogens is 302 g/mol. The van der Waals surface area contributed by atoms with Gasteiger partial charge in [0.15, 0.2) is 0 Å². The summed E-state index contributed by atoms with van der Waals surface area (Å²) in [5.74, 6) is -0.356. The Morgan fingerprint density at radius 3 is 3.00 bits per heavy atom. The zero-order valence-electron chi connectivity index (χ0n) is 10.3. The zero-order chi connectivity index (χ0) is 14.7. The van der Waals surface area contributed by atoms with Gasteiger partial charge in [0.05, 0.1) is 10.7 Å². The normalized spacial score (nSPS) is 12.5. The topological polar surface area (TPSA) is 97.7 Å². The highest BCUT2D eigenvalue weighted by Crippen LogP contribution is 2.12. The summed E-state index contributed by atoms with van der Waals surface area (Å²) in [6.07, 6.45) is 1.50. The van der Waals surface area contributed by atoms with Crippen LogP contribution < -0.4 is 11.3 Å². The van der Waals surface area contributed by atoms with Gasteiger partial charge >= 0.3 is 5.97 Å². The maximum atomic E-state index is 11.9. The Labute approximate surface area is 123 Å². The molecule has 0 radical (unpaired) electrons. The highest BCUT2D eigenvalue weighted by atomic mass is 35.5. The van der Waals surface area contributed by atoms with Gasteiger partial charge in [-0.05, 0) is 12.1 Å². The second kappa shape index (κ2) is 6.25. The lowest BCUT2D eigenvalue weighted by molar-refractivity contribution is -0.137. The number of aliphatic carboxylic acids is 1. The number of pyridine rings is 1. The van der Waals surface area contributed by atoms with Crippen molar-refractivity contribution in [3.8, 4) is 0 Å². The largest absolute Gasteiger partial charge is 0.480 e. The maximum Gasteiger partial charge on any atom is 0.321 e. The molecule has 2 rings (SSSR count). The Balaban J connectivity index is 2.14. The number of carbonyl (C=O) groups is 1. The zero-order valence-corrected chi connectivity index (χ0v) is 11.9. The van der Waals surface area contributed by atoms with Gasteiger partial charge in [-0.1, -0.05) is 11.6 Å². The van der Waals surface area contributed by atoms with E-state index in [1.165, 1.54) is 28.4 Å². The summed E-state index contributed by atoms with van der Waals surface area (Å²) in [7, 11) is 0. The first kappa shape index (κ1) is 14.8. The van der Waals surface area contributed by atoms with Crippen LogP contribution in [0.25, 0.3) is 5.65 Å². The number of fused-ring (bicyclic) bond motifs is 1. The Morgan fingerprint density at radius 1 is 1.55 bits per heavy atom. The minimum Gasteiger partial charge on any atom is -0.480 e. The van der Waals surface area contributed by atoms with Gasteiger partial charge in [0.1, 0.15) is 11.7 Å². The van der Waals surface area contributed by atoms with Gasteiger partial charge in [0, 0.05) is 23.8 Å². The van der Waals surface area contributed by atoms with Crippen LogP contribution in [-0.2, 0) is 10.5 Å². The van der Waals surface area contributed by atoms with E-state index in [2.05, 4.69) is 4.98 Å². The number of thioether (sulfide) groups is 1. The predicted octanol–water partition coefficient (Wildman–Crippen LogP) is 0.993. The first-order chi connectivity index (χ1) is 9.47. The van der Waals surface area contributed by atoms with Crippen LogP contribution in [0.4, 0.5) is 0 Å². The lowest BCUT2D eigenvalue weighted by atomic mass is 10.4. The number of aromatic nitrogens is 2. The molecule has 0 aliphatic carbocycles. The molecule has 0 spiro atoms. The molecule has 20 heavy (non-hydrogen) atoms. The Bertz CT molecular complexity index is 704. The average Bonchev–Trinajstić information content (AvgIpc) is 2.39. The van der Waals surface area contributed by atoms with Gasteiger partial charge in [-0.2, -0.15) is 11.8 Å². The molecule has 0 saturated heterocycles. The third-order valence-electron chi connectivity index (χ3n) is 2.54. The highest BCUT2D eigenvalue weighted by molar-refractivity contribution is 7.98. The summed E-state index contributed by atoms with van der Waals surface area (Å²) in [6.45, 7) is 0. The maximum absolute atomic E-state index is 11.9. The summed E-state index contributed by atoms with van der Waals surface area (Å²) in [5, 5.41) is 9.13. The molecule has 2 heterocycles. The lowest BCUT2D eigenvalue weighted by Gasteiger charge is -2.06. The van der Waals surface area contributed by atoms with E-state index >= 15 is 0 Å². The van der Waals surface area contributed by atoms with E-state index in [1.807, 2.05) is 0 Å². The molecule has 0 unspecified atom stereocenters. The quantitative estimate of drug-likeness (QED) is 0.854. The second-order valence-electron chi connectivity index (χ2n) is 4.12.